The fourth-order valence-electron chi connectivity index (χ4n) is 2.94. The summed E-state index contributed by atoms with van der Waals surface area (Å²) in [5, 5.41) is 3.58. The Bertz CT molecular complexity index is 882. The standard InChI is InChI=1S/C23H18N2/c1-3-10-18(11-4-1)20-14-7-8-15-21(20)25-22-16-9-17-24-23(22)19-12-5-2-6-13-19/h1-17,25H. The Labute approximate surface area is 147 Å². The molecule has 0 atom stereocenters. The van der Waals surface area contributed by atoms with Crippen molar-refractivity contribution in [2.45, 2.75) is 0 Å². The molecule has 3 aromatic carbocycles. The van der Waals surface area contributed by atoms with Crippen LogP contribution in [0.2, 0.25) is 0 Å². The first-order valence-electron chi connectivity index (χ1n) is 8.34. The lowest BCUT2D eigenvalue weighted by Gasteiger charge is -2.15. The Morgan fingerprint density at radius 3 is 1.88 bits per heavy atom. The molecule has 120 valence electrons. The molecular formula is C23H18N2. The highest BCUT2D eigenvalue weighted by atomic mass is 14.9. The van der Waals surface area contributed by atoms with Gasteiger partial charge in [-0.15, -0.1) is 0 Å². The maximum atomic E-state index is 4.59. The summed E-state index contributed by atoms with van der Waals surface area (Å²) in [5.41, 5.74) is 6.48. The summed E-state index contributed by atoms with van der Waals surface area (Å²) in [7, 11) is 0. The van der Waals surface area contributed by atoms with Gasteiger partial charge in [0.2, 0.25) is 0 Å². The number of pyridine rings is 1. The van der Waals surface area contributed by atoms with E-state index in [1.165, 1.54) is 11.1 Å². The molecule has 0 aliphatic carbocycles. The molecule has 1 N–H and O–H groups in total. The van der Waals surface area contributed by atoms with Crippen molar-refractivity contribution < 1.29 is 0 Å². The zero-order valence-corrected chi connectivity index (χ0v) is 13.8. The van der Waals surface area contributed by atoms with Gasteiger partial charge in [-0.3, -0.25) is 4.98 Å². The molecule has 0 spiro atoms. The van der Waals surface area contributed by atoms with E-state index in [-0.39, 0.29) is 0 Å². The van der Waals surface area contributed by atoms with Crippen LogP contribution in [0.4, 0.5) is 11.4 Å². The summed E-state index contributed by atoms with van der Waals surface area (Å²) < 4.78 is 0. The van der Waals surface area contributed by atoms with Crippen molar-refractivity contribution in [3.63, 3.8) is 0 Å². The highest BCUT2D eigenvalue weighted by Crippen LogP contribution is 2.33. The van der Waals surface area contributed by atoms with Gasteiger partial charge in [0.15, 0.2) is 0 Å². The number of para-hydroxylation sites is 1. The Morgan fingerprint density at radius 2 is 1.12 bits per heavy atom. The summed E-state index contributed by atoms with van der Waals surface area (Å²) in [6.45, 7) is 0. The van der Waals surface area contributed by atoms with Crippen LogP contribution in [0, 0.1) is 0 Å². The minimum Gasteiger partial charge on any atom is -0.353 e. The van der Waals surface area contributed by atoms with E-state index in [9.17, 15) is 0 Å². The van der Waals surface area contributed by atoms with Crippen molar-refractivity contribution in [2.24, 2.45) is 0 Å². The summed E-state index contributed by atoms with van der Waals surface area (Å²) in [5.74, 6) is 0. The summed E-state index contributed by atoms with van der Waals surface area (Å²) in [4.78, 5) is 4.59. The maximum absolute atomic E-state index is 4.59. The smallest absolute Gasteiger partial charge is 0.0936 e. The molecule has 2 heteroatoms. The number of anilines is 2. The summed E-state index contributed by atoms with van der Waals surface area (Å²) in [6, 6.07) is 33.0. The van der Waals surface area contributed by atoms with Crippen molar-refractivity contribution in [3.05, 3.63) is 103 Å². The van der Waals surface area contributed by atoms with E-state index in [0.29, 0.717) is 0 Å². The Balaban J connectivity index is 1.76. The molecule has 0 radical (unpaired) electrons. The van der Waals surface area contributed by atoms with Crippen LogP contribution in [-0.4, -0.2) is 4.98 Å². The van der Waals surface area contributed by atoms with Crippen LogP contribution >= 0.6 is 0 Å². The molecular weight excluding hydrogens is 304 g/mol. The van der Waals surface area contributed by atoms with Crippen LogP contribution in [0.15, 0.2) is 103 Å². The normalized spacial score (nSPS) is 10.4. The molecule has 25 heavy (non-hydrogen) atoms. The second-order valence-corrected chi connectivity index (χ2v) is 5.80. The van der Waals surface area contributed by atoms with Gasteiger partial charge >= 0.3 is 0 Å². The molecule has 1 aromatic heterocycles. The molecule has 4 rings (SSSR count). The Morgan fingerprint density at radius 1 is 0.520 bits per heavy atom. The SMILES string of the molecule is c1ccc(-c2ccccc2Nc2cccnc2-c2ccccc2)cc1. The number of benzene rings is 3. The van der Waals surface area contributed by atoms with Crippen molar-refractivity contribution in [1.82, 2.24) is 4.98 Å². The van der Waals surface area contributed by atoms with Crippen molar-refractivity contribution >= 4 is 11.4 Å². The fourth-order valence-corrected chi connectivity index (χ4v) is 2.94. The van der Waals surface area contributed by atoms with Gasteiger partial charge in [-0.1, -0.05) is 78.9 Å². The van der Waals surface area contributed by atoms with E-state index in [2.05, 4.69) is 71.0 Å². The fraction of sp³-hybridized carbons (Fsp3) is 0. The zero-order valence-electron chi connectivity index (χ0n) is 13.8. The number of nitrogens with zero attached hydrogens (tertiary/aromatic N) is 1. The molecule has 0 saturated heterocycles. The van der Waals surface area contributed by atoms with E-state index in [1.54, 1.807) is 0 Å². The molecule has 0 bridgehead atoms. The van der Waals surface area contributed by atoms with E-state index < -0.39 is 0 Å². The number of nitrogens with one attached hydrogen (secondary N) is 1. The molecule has 1 heterocycles. The third-order valence-corrected chi connectivity index (χ3v) is 4.14. The van der Waals surface area contributed by atoms with Crippen LogP contribution in [0.5, 0.6) is 0 Å². The quantitative estimate of drug-likeness (QED) is 0.487. The third kappa shape index (κ3) is 3.29. The third-order valence-electron chi connectivity index (χ3n) is 4.14. The number of rotatable bonds is 4. The topological polar surface area (TPSA) is 24.9 Å². The van der Waals surface area contributed by atoms with Crippen LogP contribution < -0.4 is 5.32 Å². The number of hydrogen-bond acceptors (Lipinski definition) is 2. The summed E-state index contributed by atoms with van der Waals surface area (Å²) in [6.07, 6.45) is 1.83. The second kappa shape index (κ2) is 7.02. The largest absolute Gasteiger partial charge is 0.353 e. The van der Waals surface area contributed by atoms with E-state index in [4.69, 9.17) is 0 Å². The molecule has 0 unspecified atom stereocenters. The van der Waals surface area contributed by atoms with Gasteiger partial charge in [0, 0.05) is 23.0 Å². The number of hydrogen-bond donors (Lipinski definition) is 1. The maximum Gasteiger partial charge on any atom is 0.0936 e. The first-order valence-corrected chi connectivity index (χ1v) is 8.34. The zero-order chi connectivity index (χ0) is 16.9. The molecule has 4 aromatic rings. The minimum atomic E-state index is 0.950. The van der Waals surface area contributed by atoms with E-state index in [1.807, 2.05) is 42.6 Å². The molecule has 2 nitrogen and oxygen atoms in total. The van der Waals surface area contributed by atoms with Crippen LogP contribution in [-0.2, 0) is 0 Å². The van der Waals surface area contributed by atoms with E-state index in [0.717, 1.165) is 22.6 Å². The average Bonchev–Trinajstić information content (AvgIpc) is 2.70. The van der Waals surface area contributed by atoms with Crippen molar-refractivity contribution in [2.75, 3.05) is 5.32 Å². The number of aromatic nitrogens is 1. The van der Waals surface area contributed by atoms with Gasteiger partial charge in [-0.25, -0.2) is 0 Å². The predicted octanol–water partition coefficient (Wildman–Crippen LogP) is 6.16. The molecule has 0 aliphatic rings. The minimum absolute atomic E-state index is 0.950. The summed E-state index contributed by atoms with van der Waals surface area (Å²) >= 11 is 0. The lowest BCUT2D eigenvalue weighted by molar-refractivity contribution is 1.32. The van der Waals surface area contributed by atoms with Crippen LogP contribution in [0.3, 0.4) is 0 Å². The van der Waals surface area contributed by atoms with Gasteiger partial charge in [-0.05, 0) is 23.8 Å². The first-order chi connectivity index (χ1) is 12.4. The lowest BCUT2D eigenvalue weighted by Crippen LogP contribution is -1.97. The molecule has 0 fully saturated rings. The monoisotopic (exact) mass is 322 g/mol. The molecule has 0 aliphatic heterocycles. The van der Waals surface area contributed by atoms with Gasteiger partial charge < -0.3 is 5.32 Å². The highest BCUT2D eigenvalue weighted by Gasteiger charge is 2.09. The van der Waals surface area contributed by atoms with Crippen molar-refractivity contribution in [3.8, 4) is 22.4 Å². The predicted molar refractivity (Wildman–Crippen MR) is 105 cm³/mol. The average molecular weight is 322 g/mol. The van der Waals surface area contributed by atoms with Gasteiger partial charge in [-0.2, -0.15) is 0 Å². The van der Waals surface area contributed by atoms with Crippen LogP contribution in [0.1, 0.15) is 0 Å². The van der Waals surface area contributed by atoms with Gasteiger partial charge in [0.25, 0.3) is 0 Å². The molecule has 0 saturated carbocycles. The first kappa shape index (κ1) is 15.2. The molecule has 0 amide bonds. The lowest BCUT2D eigenvalue weighted by atomic mass is 10.0. The second-order valence-electron chi connectivity index (χ2n) is 5.80. The van der Waals surface area contributed by atoms with Gasteiger partial charge in [0.1, 0.15) is 0 Å². The van der Waals surface area contributed by atoms with Crippen LogP contribution in [0.25, 0.3) is 22.4 Å². The van der Waals surface area contributed by atoms with Crippen molar-refractivity contribution in [1.29, 1.82) is 0 Å². The van der Waals surface area contributed by atoms with Gasteiger partial charge in [0.05, 0.1) is 11.4 Å². The Kier molecular flexibility index (Phi) is 4.25. The Hall–Kier alpha value is -3.39. The highest BCUT2D eigenvalue weighted by molar-refractivity contribution is 5.85. The van der Waals surface area contributed by atoms with E-state index >= 15 is 0 Å².